The minimum absolute atomic E-state index is 0.903. The number of para-hydroxylation sites is 1. The number of fused-ring (bicyclic) bond motifs is 6. The van der Waals surface area contributed by atoms with Crippen molar-refractivity contribution in [3.63, 3.8) is 0 Å². The molecule has 0 N–H and O–H groups in total. The third-order valence-electron chi connectivity index (χ3n) is 8.40. The fraction of sp³-hybridized carbons (Fsp3) is 0.0244. The second kappa shape index (κ2) is 9.90. The van der Waals surface area contributed by atoms with Crippen LogP contribution in [0.25, 0.3) is 71.0 Å². The first-order chi connectivity index (χ1) is 20.8. The van der Waals surface area contributed by atoms with Crippen molar-refractivity contribution < 1.29 is 4.42 Å². The Morgan fingerprint density at radius 3 is 2.26 bits per heavy atom. The summed E-state index contributed by atoms with van der Waals surface area (Å²) in [6.07, 6.45) is 15.9. The van der Waals surface area contributed by atoms with Gasteiger partial charge in [0.1, 0.15) is 11.2 Å². The van der Waals surface area contributed by atoms with E-state index in [0.29, 0.717) is 0 Å². The highest BCUT2D eigenvalue weighted by Gasteiger charge is 2.20. The molecule has 0 bridgehead atoms. The molecule has 0 saturated carbocycles. The van der Waals surface area contributed by atoms with Gasteiger partial charge >= 0.3 is 0 Å². The van der Waals surface area contributed by atoms with Crippen LogP contribution < -0.4 is 0 Å². The molecular weight excluding hydrogens is 508 g/mol. The van der Waals surface area contributed by atoms with E-state index in [0.717, 1.165) is 33.9 Å². The van der Waals surface area contributed by atoms with E-state index in [9.17, 15) is 0 Å². The number of furan rings is 1. The molecule has 0 aliphatic heterocycles. The number of allylic oxidation sites excluding steroid dienone is 9. The molecule has 0 radical (unpaired) electrons. The van der Waals surface area contributed by atoms with Crippen LogP contribution in [0.2, 0.25) is 0 Å². The molecule has 198 valence electrons. The molecule has 0 atom stereocenters. The van der Waals surface area contributed by atoms with Gasteiger partial charge in [-0.3, -0.25) is 0 Å². The first kappa shape index (κ1) is 24.4. The van der Waals surface area contributed by atoms with E-state index in [4.69, 9.17) is 4.42 Å². The van der Waals surface area contributed by atoms with Gasteiger partial charge in [-0.15, -0.1) is 0 Å². The summed E-state index contributed by atoms with van der Waals surface area (Å²) in [5.74, 6) is 0. The van der Waals surface area contributed by atoms with Crippen LogP contribution in [0.15, 0.2) is 162 Å². The first-order valence-corrected chi connectivity index (χ1v) is 14.4. The topological polar surface area (TPSA) is 13.1 Å². The molecule has 1 aromatic heterocycles. The molecule has 0 unspecified atom stereocenters. The highest BCUT2D eigenvalue weighted by molar-refractivity contribution is 6.23. The zero-order chi connectivity index (χ0) is 28.0. The van der Waals surface area contributed by atoms with Gasteiger partial charge in [0.05, 0.1) is 0 Å². The SMILES string of the molecule is C=CC=C(C=C1C=CC=CC1)c1c2ccccc2c(-c2ccc3ccccc3c2)c2cc3oc4ccccc4c3cc12. The van der Waals surface area contributed by atoms with Crippen LogP contribution in [-0.4, -0.2) is 0 Å². The third-order valence-corrected chi connectivity index (χ3v) is 8.40. The average molecular weight is 537 g/mol. The quantitative estimate of drug-likeness (QED) is 0.161. The van der Waals surface area contributed by atoms with Gasteiger partial charge < -0.3 is 4.42 Å². The van der Waals surface area contributed by atoms with Gasteiger partial charge in [-0.05, 0) is 90.8 Å². The lowest BCUT2D eigenvalue weighted by molar-refractivity contribution is 0.669. The fourth-order valence-electron chi connectivity index (χ4n) is 6.53. The Hall–Kier alpha value is -5.40. The Labute approximate surface area is 244 Å². The number of hydrogen-bond acceptors (Lipinski definition) is 1. The van der Waals surface area contributed by atoms with Crippen molar-refractivity contribution in [2.45, 2.75) is 6.42 Å². The molecule has 1 heterocycles. The molecule has 6 aromatic carbocycles. The smallest absolute Gasteiger partial charge is 0.136 e. The highest BCUT2D eigenvalue weighted by Crippen LogP contribution is 2.45. The Morgan fingerprint density at radius 1 is 0.643 bits per heavy atom. The summed E-state index contributed by atoms with van der Waals surface area (Å²) < 4.78 is 6.44. The van der Waals surface area contributed by atoms with E-state index in [1.807, 2.05) is 12.1 Å². The van der Waals surface area contributed by atoms with Crippen molar-refractivity contribution in [1.82, 2.24) is 0 Å². The van der Waals surface area contributed by atoms with Gasteiger partial charge in [-0.2, -0.15) is 0 Å². The summed E-state index contributed by atoms with van der Waals surface area (Å²) >= 11 is 0. The van der Waals surface area contributed by atoms with E-state index in [1.54, 1.807) is 0 Å². The van der Waals surface area contributed by atoms with Gasteiger partial charge in [0, 0.05) is 10.8 Å². The zero-order valence-electron chi connectivity index (χ0n) is 23.2. The minimum Gasteiger partial charge on any atom is -0.456 e. The summed E-state index contributed by atoms with van der Waals surface area (Å²) in [5, 5.41) is 9.56. The molecule has 1 aliphatic carbocycles. The van der Waals surface area contributed by atoms with E-state index in [1.165, 1.54) is 54.6 Å². The second-order valence-electron chi connectivity index (χ2n) is 10.9. The lowest BCUT2D eigenvalue weighted by Crippen LogP contribution is -1.94. The van der Waals surface area contributed by atoms with Crippen LogP contribution in [0.1, 0.15) is 12.0 Å². The van der Waals surface area contributed by atoms with Crippen molar-refractivity contribution in [1.29, 1.82) is 0 Å². The summed E-state index contributed by atoms with van der Waals surface area (Å²) in [6, 6.07) is 37.1. The van der Waals surface area contributed by atoms with E-state index in [2.05, 4.69) is 140 Å². The molecule has 1 nitrogen and oxygen atoms in total. The van der Waals surface area contributed by atoms with Gasteiger partial charge in [-0.1, -0.05) is 128 Å². The van der Waals surface area contributed by atoms with E-state index < -0.39 is 0 Å². The number of rotatable bonds is 4. The fourth-order valence-corrected chi connectivity index (χ4v) is 6.53. The molecule has 0 spiro atoms. The van der Waals surface area contributed by atoms with E-state index in [-0.39, 0.29) is 0 Å². The summed E-state index contributed by atoms with van der Waals surface area (Å²) in [5.41, 5.74) is 7.87. The normalized spacial score (nSPS) is 14.7. The van der Waals surface area contributed by atoms with Gasteiger partial charge in [0.25, 0.3) is 0 Å². The lowest BCUT2D eigenvalue weighted by atomic mass is 9.84. The second-order valence-corrected chi connectivity index (χ2v) is 10.9. The molecule has 1 aliphatic rings. The first-order valence-electron chi connectivity index (χ1n) is 14.4. The van der Waals surface area contributed by atoms with Crippen LogP contribution in [0, 0.1) is 0 Å². The predicted octanol–water partition coefficient (Wildman–Crippen LogP) is 11.7. The largest absolute Gasteiger partial charge is 0.456 e. The maximum absolute atomic E-state index is 6.44. The summed E-state index contributed by atoms with van der Waals surface area (Å²) in [7, 11) is 0. The van der Waals surface area contributed by atoms with Crippen molar-refractivity contribution in [3.8, 4) is 11.1 Å². The average Bonchev–Trinajstić information content (AvgIpc) is 3.40. The number of hydrogen-bond donors (Lipinski definition) is 0. The molecule has 0 amide bonds. The van der Waals surface area contributed by atoms with Gasteiger partial charge in [0.15, 0.2) is 0 Å². The maximum atomic E-state index is 6.44. The Bertz CT molecular complexity index is 2330. The van der Waals surface area contributed by atoms with Crippen LogP contribution in [0.5, 0.6) is 0 Å². The number of benzene rings is 6. The maximum Gasteiger partial charge on any atom is 0.136 e. The molecule has 8 rings (SSSR count). The van der Waals surface area contributed by atoms with Gasteiger partial charge in [0.2, 0.25) is 0 Å². The van der Waals surface area contributed by atoms with Crippen molar-refractivity contribution in [2.24, 2.45) is 0 Å². The van der Waals surface area contributed by atoms with Crippen LogP contribution in [0.4, 0.5) is 0 Å². The Balaban J connectivity index is 1.55. The lowest BCUT2D eigenvalue weighted by Gasteiger charge is -2.19. The van der Waals surface area contributed by atoms with Crippen LogP contribution >= 0.6 is 0 Å². The molecule has 42 heavy (non-hydrogen) atoms. The molecule has 7 aromatic rings. The standard InChI is InChI=1S/C41H28O/c1-2-12-30(23-27-13-4-3-5-14-27)40-33-18-8-9-19-34(33)41(31-22-21-28-15-6-7-16-29(28)24-31)37-26-39-35(25-36(37)40)32-17-10-11-20-38(32)42-39/h2-13,15-26H,1,14H2. The Morgan fingerprint density at radius 2 is 1.43 bits per heavy atom. The predicted molar refractivity (Wildman–Crippen MR) is 181 cm³/mol. The third kappa shape index (κ3) is 3.94. The van der Waals surface area contributed by atoms with Crippen LogP contribution in [-0.2, 0) is 0 Å². The van der Waals surface area contributed by atoms with Crippen molar-refractivity contribution in [2.75, 3.05) is 0 Å². The summed E-state index contributed by atoms with van der Waals surface area (Å²) in [4.78, 5) is 0. The molecule has 0 saturated heterocycles. The zero-order valence-corrected chi connectivity index (χ0v) is 23.2. The minimum atomic E-state index is 0.903. The van der Waals surface area contributed by atoms with Crippen molar-refractivity contribution >= 4 is 59.8 Å². The Kier molecular flexibility index (Phi) is 5.75. The van der Waals surface area contributed by atoms with Gasteiger partial charge in [-0.25, -0.2) is 0 Å². The van der Waals surface area contributed by atoms with E-state index >= 15 is 0 Å². The monoisotopic (exact) mass is 536 g/mol. The molecule has 0 fully saturated rings. The summed E-state index contributed by atoms with van der Waals surface area (Å²) in [6.45, 7) is 4.10. The van der Waals surface area contributed by atoms with Crippen molar-refractivity contribution in [3.05, 3.63) is 163 Å². The molecule has 1 heteroatoms. The molecular formula is C41H28O. The van der Waals surface area contributed by atoms with Crippen LogP contribution in [0.3, 0.4) is 0 Å². The highest BCUT2D eigenvalue weighted by atomic mass is 16.3.